The van der Waals surface area contributed by atoms with E-state index >= 15 is 0 Å². The van der Waals surface area contributed by atoms with E-state index in [9.17, 15) is 14.9 Å². The van der Waals surface area contributed by atoms with E-state index in [0.717, 1.165) is 17.7 Å². The largest absolute Gasteiger partial charge is 0.493 e. The fourth-order valence-corrected chi connectivity index (χ4v) is 4.96. The Hall–Kier alpha value is -3.50. The molecule has 8 nitrogen and oxygen atoms in total. The number of rotatable bonds is 9. The van der Waals surface area contributed by atoms with Crippen molar-refractivity contribution in [1.29, 1.82) is 0 Å². The average molecular weight is 570 g/mol. The van der Waals surface area contributed by atoms with Crippen LogP contribution in [0, 0.1) is 10.1 Å². The van der Waals surface area contributed by atoms with Crippen LogP contribution in [0.2, 0.25) is 0 Å². The maximum atomic E-state index is 12.6. The molecule has 1 aliphatic rings. The predicted molar refractivity (Wildman–Crippen MR) is 145 cm³/mol. The number of thioether (sulfide) groups is 1. The van der Waals surface area contributed by atoms with Crippen molar-refractivity contribution in [1.82, 2.24) is 5.32 Å². The molecule has 3 aromatic carbocycles. The Kier molecular flexibility index (Phi) is 8.17. The molecule has 1 heterocycles. The number of methoxy groups -OCH3 is 1. The first-order chi connectivity index (χ1) is 17.4. The molecule has 1 fully saturated rings. The van der Waals surface area contributed by atoms with Crippen LogP contribution in [0.5, 0.6) is 11.5 Å². The maximum Gasteiger partial charge on any atom is 0.269 e. The smallest absolute Gasteiger partial charge is 0.269 e. The van der Waals surface area contributed by atoms with Gasteiger partial charge in [-0.1, -0.05) is 58.9 Å². The van der Waals surface area contributed by atoms with Gasteiger partial charge in [0, 0.05) is 22.3 Å². The summed E-state index contributed by atoms with van der Waals surface area (Å²) in [5.41, 5.74) is 3.31. The van der Waals surface area contributed by atoms with Gasteiger partial charge in [0.15, 0.2) is 17.0 Å². The van der Waals surface area contributed by atoms with Crippen molar-refractivity contribution in [2.45, 2.75) is 25.4 Å². The minimum atomic E-state index is -0.442. The third-order valence-electron chi connectivity index (χ3n) is 5.48. The van der Waals surface area contributed by atoms with Crippen LogP contribution in [0.3, 0.4) is 0 Å². The molecule has 0 bridgehead atoms. The number of nitrogens with one attached hydrogen (secondary N) is 2. The molecule has 0 aliphatic carbocycles. The normalized spacial score (nSPS) is 16.0. The van der Waals surface area contributed by atoms with E-state index in [1.165, 1.54) is 36.6 Å². The third kappa shape index (κ3) is 6.19. The number of carbonyl (C=O) groups is 1. The molecule has 0 spiro atoms. The first kappa shape index (κ1) is 25.6. The van der Waals surface area contributed by atoms with Gasteiger partial charge in [0.2, 0.25) is 0 Å². The topological polar surface area (TPSA) is 103 Å². The Morgan fingerprint density at radius 3 is 2.61 bits per heavy atom. The van der Waals surface area contributed by atoms with Gasteiger partial charge >= 0.3 is 0 Å². The maximum absolute atomic E-state index is 12.6. The molecule has 1 atom stereocenters. The van der Waals surface area contributed by atoms with Crippen LogP contribution in [0.15, 0.2) is 70.0 Å². The Morgan fingerprint density at radius 1 is 1.14 bits per heavy atom. The molecule has 0 saturated carbocycles. The summed E-state index contributed by atoms with van der Waals surface area (Å²) in [6, 6.07) is 17.9. The van der Waals surface area contributed by atoms with E-state index in [2.05, 4.69) is 45.6 Å². The number of nitro benzene ring substituents is 1. The van der Waals surface area contributed by atoms with Gasteiger partial charge in [-0.3, -0.25) is 14.9 Å². The highest BCUT2D eigenvalue weighted by Gasteiger charge is 2.27. The summed E-state index contributed by atoms with van der Waals surface area (Å²) in [5.74, 6) is 0.778. The zero-order valence-electron chi connectivity index (χ0n) is 19.6. The van der Waals surface area contributed by atoms with Crippen LogP contribution in [0.1, 0.15) is 23.6 Å². The summed E-state index contributed by atoms with van der Waals surface area (Å²) in [4.78, 5) is 23.7. The standard InChI is InChI=1S/C26H24BrN3O5S/c1-3-16-7-9-19(10-8-16)28-26-29-25(31)24(36-26)13-18-12-22(34-2)23(14-21(18)27)35-15-17-5-4-6-20(11-17)30(32)33/h4-14,26,28H,3,15H2,1-2H3,(H,29,31)/b24-13-/t26-/m1/s1. The number of hydrogen-bond acceptors (Lipinski definition) is 7. The highest BCUT2D eigenvalue weighted by atomic mass is 79.9. The van der Waals surface area contributed by atoms with Gasteiger partial charge in [0.05, 0.1) is 16.9 Å². The molecule has 36 heavy (non-hydrogen) atoms. The second kappa shape index (κ2) is 11.5. The molecule has 2 N–H and O–H groups in total. The molecule has 186 valence electrons. The van der Waals surface area contributed by atoms with Gasteiger partial charge < -0.3 is 20.1 Å². The number of amides is 1. The van der Waals surface area contributed by atoms with Gasteiger partial charge in [-0.15, -0.1) is 0 Å². The first-order valence-corrected chi connectivity index (χ1v) is 12.8. The van der Waals surface area contributed by atoms with Gasteiger partial charge in [0.25, 0.3) is 11.6 Å². The molecule has 0 radical (unpaired) electrons. The molecule has 0 unspecified atom stereocenters. The van der Waals surface area contributed by atoms with Crippen molar-refractivity contribution in [3.8, 4) is 11.5 Å². The highest BCUT2D eigenvalue weighted by Crippen LogP contribution is 2.37. The zero-order valence-corrected chi connectivity index (χ0v) is 22.0. The Morgan fingerprint density at radius 2 is 1.92 bits per heavy atom. The molecule has 10 heteroatoms. The zero-order chi connectivity index (χ0) is 25.7. The van der Waals surface area contributed by atoms with Crippen LogP contribution < -0.4 is 20.1 Å². The lowest BCUT2D eigenvalue weighted by Crippen LogP contribution is -2.30. The number of halogens is 1. The summed E-state index contributed by atoms with van der Waals surface area (Å²) in [7, 11) is 1.53. The molecule has 1 amide bonds. The van der Waals surface area contributed by atoms with Crippen molar-refractivity contribution in [2.75, 3.05) is 12.4 Å². The Balaban J connectivity index is 1.47. The summed E-state index contributed by atoms with van der Waals surface area (Å²) < 4.78 is 12.1. The number of non-ortho nitro benzene ring substituents is 1. The predicted octanol–water partition coefficient (Wildman–Crippen LogP) is 6.11. The van der Waals surface area contributed by atoms with Gasteiger partial charge in [-0.25, -0.2) is 0 Å². The number of hydrogen-bond donors (Lipinski definition) is 2. The number of carbonyl (C=O) groups excluding carboxylic acids is 1. The number of ether oxygens (including phenoxy) is 2. The highest BCUT2D eigenvalue weighted by molar-refractivity contribution is 9.10. The fraction of sp³-hybridized carbons (Fsp3) is 0.192. The molecular weight excluding hydrogens is 546 g/mol. The van der Waals surface area contributed by atoms with E-state index in [1.807, 2.05) is 12.1 Å². The number of nitro groups is 1. The monoisotopic (exact) mass is 569 g/mol. The van der Waals surface area contributed by atoms with E-state index in [0.29, 0.717) is 26.4 Å². The van der Waals surface area contributed by atoms with Crippen molar-refractivity contribution in [2.24, 2.45) is 0 Å². The molecule has 0 aromatic heterocycles. The molecule has 4 rings (SSSR count). The molecule has 3 aromatic rings. The average Bonchev–Trinajstić information content (AvgIpc) is 3.22. The molecule has 1 aliphatic heterocycles. The Labute approximate surface area is 221 Å². The van der Waals surface area contributed by atoms with E-state index in [4.69, 9.17) is 9.47 Å². The third-order valence-corrected chi connectivity index (χ3v) is 7.19. The van der Waals surface area contributed by atoms with E-state index < -0.39 is 4.92 Å². The van der Waals surface area contributed by atoms with E-state index in [-0.39, 0.29) is 23.7 Å². The van der Waals surface area contributed by atoms with E-state index in [1.54, 1.807) is 30.3 Å². The van der Waals surface area contributed by atoms with Crippen molar-refractivity contribution in [3.05, 3.63) is 96.8 Å². The number of aryl methyl sites for hydroxylation is 1. The summed E-state index contributed by atoms with van der Waals surface area (Å²) in [6.45, 7) is 2.24. The number of nitrogens with zero attached hydrogens (tertiary/aromatic N) is 1. The fourth-order valence-electron chi connectivity index (χ4n) is 3.55. The van der Waals surface area contributed by atoms with Crippen LogP contribution in [-0.2, 0) is 17.8 Å². The second-order valence-electron chi connectivity index (χ2n) is 7.92. The lowest BCUT2D eigenvalue weighted by atomic mass is 10.1. The SMILES string of the molecule is CCc1ccc(N[C@@H]2NC(=O)/C(=C/c3cc(OC)c(OCc4cccc([N+](=O)[O-])c4)cc3Br)S2)cc1. The summed E-state index contributed by atoms with van der Waals surface area (Å²) in [6.07, 6.45) is 2.76. The Bertz CT molecular complexity index is 1310. The van der Waals surface area contributed by atoms with Crippen LogP contribution in [-0.4, -0.2) is 23.4 Å². The van der Waals surface area contributed by atoms with Crippen molar-refractivity contribution < 1.29 is 19.2 Å². The minimum Gasteiger partial charge on any atom is -0.493 e. The van der Waals surface area contributed by atoms with Crippen molar-refractivity contribution in [3.63, 3.8) is 0 Å². The molecular formula is C26H24BrN3O5S. The lowest BCUT2D eigenvalue weighted by molar-refractivity contribution is -0.384. The minimum absolute atomic E-state index is 0.00401. The van der Waals surface area contributed by atoms with Gasteiger partial charge in [0.1, 0.15) is 6.61 Å². The lowest BCUT2D eigenvalue weighted by Gasteiger charge is -2.13. The van der Waals surface area contributed by atoms with Gasteiger partial charge in [-0.05, 0) is 53.5 Å². The summed E-state index contributed by atoms with van der Waals surface area (Å²) in [5, 5.41) is 17.3. The quantitative estimate of drug-likeness (QED) is 0.182. The number of anilines is 1. The van der Waals surface area contributed by atoms with Crippen LogP contribution >= 0.6 is 27.7 Å². The van der Waals surface area contributed by atoms with Crippen LogP contribution in [0.4, 0.5) is 11.4 Å². The van der Waals surface area contributed by atoms with Gasteiger partial charge in [-0.2, -0.15) is 0 Å². The molecule has 1 saturated heterocycles. The number of benzene rings is 3. The van der Waals surface area contributed by atoms with Crippen molar-refractivity contribution >= 4 is 51.0 Å². The van der Waals surface area contributed by atoms with Crippen LogP contribution in [0.25, 0.3) is 6.08 Å². The summed E-state index contributed by atoms with van der Waals surface area (Å²) >= 11 is 4.95. The second-order valence-corrected chi connectivity index (χ2v) is 9.92. The first-order valence-electron chi connectivity index (χ1n) is 11.1.